The summed E-state index contributed by atoms with van der Waals surface area (Å²) in [5.41, 5.74) is 4.17. The molecule has 2 heterocycles. The SMILES string of the molecule is COc1ccc(Br)cc1/C=c1\sc2n(c1=O)C(c1ccc(C)cc1)C(C(=O)Nc1ccccc1)=C(C)N=2. The zero-order valence-corrected chi connectivity index (χ0v) is 22.9. The highest BCUT2D eigenvalue weighted by Crippen LogP contribution is 2.31. The lowest BCUT2D eigenvalue weighted by Crippen LogP contribution is -2.40. The molecule has 0 radical (unpaired) electrons. The third kappa shape index (κ3) is 4.95. The number of thiazole rings is 1. The summed E-state index contributed by atoms with van der Waals surface area (Å²) in [4.78, 5) is 32.7. The molecule has 0 fully saturated rings. The fourth-order valence-electron chi connectivity index (χ4n) is 4.36. The summed E-state index contributed by atoms with van der Waals surface area (Å²) in [6, 6.07) is 22.2. The van der Waals surface area contributed by atoms with Crippen LogP contribution in [0.25, 0.3) is 6.08 Å². The third-order valence-corrected chi connectivity index (χ3v) is 7.65. The predicted octanol–water partition coefficient (Wildman–Crippen LogP) is 4.95. The highest BCUT2D eigenvalue weighted by Gasteiger charge is 2.32. The maximum atomic E-state index is 13.9. The lowest BCUT2D eigenvalue weighted by Gasteiger charge is -2.25. The van der Waals surface area contributed by atoms with E-state index >= 15 is 0 Å². The van der Waals surface area contributed by atoms with Crippen LogP contribution in [0.15, 0.2) is 98.3 Å². The van der Waals surface area contributed by atoms with Crippen molar-refractivity contribution in [3.8, 4) is 5.75 Å². The number of para-hydroxylation sites is 1. The van der Waals surface area contributed by atoms with Gasteiger partial charge in [0.25, 0.3) is 11.5 Å². The Bertz CT molecular complexity index is 1700. The number of methoxy groups -OCH3 is 1. The summed E-state index contributed by atoms with van der Waals surface area (Å²) >= 11 is 4.79. The number of ether oxygens (including phenoxy) is 1. The number of nitrogens with zero attached hydrogens (tertiary/aromatic N) is 2. The number of allylic oxidation sites excluding steroid dienone is 1. The molecule has 1 amide bonds. The van der Waals surface area contributed by atoms with Crippen molar-refractivity contribution in [1.29, 1.82) is 0 Å². The molecule has 0 spiro atoms. The second-order valence-corrected chi connectivity index (χ2v) is 10.6. The predicted molar refractivity (Wildman–Crippen MR) is 151 cm³/mol. The average molecular weight is 575 g/mol. The molecule has 0 bridgehead atoms. The van der Waals surface area contributed by atoms with E-state index in [9.17, 15) is 9.59 Å². The molecule has 0 saturated heterocycles. The number of carbonyl (C=O) groups excluding carboxylic acids is 1. The molecule has 8 heteroatoms. The van der Waals surface area contributed by atoms with Crippen molar-refractivity contribution in [2.24, 2.45) is 4.99 Å². The lowest BCUT2D eigenvalue weighted by molar-refractivity contribution is -0.113. The molecular formula is C29H24BrN3O3S. The second kappa shape index (κ2) is 10.3. The summed E-state index contributed by atoms with van der Waals surface area (Å²) < 4.78 is 8.50. The first-order chi connectivity index (χ1) is 17.9. The summed E-state index contributed by atoms with van der Waals surface area (Å²) in [5, 5.41) is 2.97. The minimum Gasteiger partial charge on any atom is -0.496 e. The van der Waals surface area contributed by atoms with E-state index in [1.165, 1.54) is 11.3 Å². The van der Waals surface area contributed by atoms with Crippen LogP contribution in [0, 0.1) is 6.92 Å². The third-order valence-electron chi connectivity index (χ3n) is 6.17. The van der Waals surface area contributed by atoms with Crippen LogP contribution in [0.4, 0.5) is 5.69 Å². The fraction of sp³-hybridized carbons (Fsp3) is 0.138. The Kier molecular flexibility index (Phi) is 6.95. The Hall–Kier alpha value is -3.75. The van der Waals surface area contributed by atoms with Gasteiger partial charge in [-0.1, -0.05) is 75.3 Å². The number of hydrogen-bond donors (Lipinski definition) is 1. The molecule has 1 atom stereocenters. The van der Waals surface area contributed by atoms with Gasteiger partial charge in [0, 0.05) is 15.7 Å². The number of amides is 1. The molecule has 1 aliphatic heterocycles. The van der Waals surface area contributed by atoms with E-state index in [0.29, 0.717) is 32.0 Å². The van der Waals surface area contributed by atoms with Gasteiger partial charge >= 0.3 is 0 Å². The fourth-order valence-corrected chi connectivity index (χ4v) is 5.77. The minimum absolute atomic E-state index is 0.214. The zero-order chi connectivity index (χ0) is 26.1. The maximum absolute atomic E-state index is 13.9. The lowest BCUT2D eigenvalue weighted by atomic mass is 9.94. The normalized spacial score (nSPS) is 15.2. The van der Waals surface area contributed by atoms with E-state index in [1.807, 2.05) is 92.7 Å². The van der Waals surface area contributed by atoms with Gasteiger partial charge < -0.3 is 10.1 Å². The molecule has 0 saturated carbocycles. The molecule has 1 aromatic heterocycles. The van der Waals surface area contributed by atoms with Gasteiger partial charge in [0.1, 0.15) is 5.75 Å². The van der Waals surface area contributed by atoms with Gasteiger partial charge in [0.05, 0.1) is 29.0 Å². The largest absolute Gasteiger partial charge is 0.496 e. The van der Waals surface area contributed by atoms with Gasteiger partial charge in [-0.15, -0.1) is 0 Å². The summed E-state index contributed by atoms with van der Waals surface area (Å²) in [7, 11) is 1.60. The maximum Gasteiger partial charge on any atom is 0.271 e. The van der Waals surface area contributed by atoms with Crippen molar-refractivity contribution >= 4 is 44.9 Å². The van der Waals surface area contributed by atoms with Crippen LogP contribution in [0.3, 0.4) is 0 Å². The Labute approximate surface area is 226 Å². The van der Waals surface area contributed by atoms with E-state index in [1.54, 1.807) is 11.7 Å². The second-order valence-electron chi connectivity index (χ2n) is 8.70. The number of anilines is 1. The molecule has 3 aromatic carbocycles. The number of aromatic nitrogens is 1. The molecular weight excluding hydrogens is 550 g/mol. The summed E-state index contributed by atoms with van der Waals surface area (Å²) in [5.74, 6) is 0.365. The molecule has 1 unspecified atom stereocenters. The molecule has 186 valence electrons. The van der Waals surface area contributed by atoms with Crippen LogP contribution in [-0.4, -0.2) is 17.6 Å². The van der Waals surface area contributed by atoms with Gasteiger partial charge in [0.15, 0.2) is 4.80 Å². The first-order valence-electron chi connectivity index (χ1n) is 11.6. The van der Waals surface area contributed by atoms with Crippen LogP contribution in [0.1, 0.15) is 29.7 Å². The van der Waals surface area contributed by atoms with Gasteiger partial charge in [-0.3, -0.25) is 14.2 Å². The topological polar surface area (TPSA) is 72.7 Å². The van der Waals surface area contributed by atoms with Crippen LogP contribution < -0.4 is 24.9 Å². The number of hydrogen-bond acceptors (Lipinski definition) is 5. The molecule has 1 N–H and O–H groups in total. The molecule has 6 nitrogen and oxygen atoms in total. The standard InChI is InChI=1S/C29H24BrN3O3S/c1-17-9-11-19(12-10-17)26-25(27(34)32-22-7-5-4-6-8-22)18(2)31-29-33(26)28(35)24(37-29)16-20-15-21(30)13-14-23(20)36-3/h4-16,26H,1-3H3,(H,32,34)/b24-16-. The van der Waals surface area contributed by atoms with Crippen LogP contribution in [0.2, 0.25) is 0 Å². The summed E-state index contributed by atoms with van der Waals surface area (Å²) in [6.07, 6.45) is 1.81. The van der Waals surface area contributed by atoms with Crippen LogP contribution in [-0.2, 0) is 4.79 Å². The molecule has 37 heavy (non-hydrogen) atoms. The van der Waals surface area contributed by atoms with Gasteiger partial charge in [-0.2, -0.15) is 0 Å². The number of nitrogens with one attached hydrogen (secondary N) is 1. The van der Waals surface area contributed by atoms with E-state index in [0.717, 1.165) is 21.2 Å². The zero-order valence-electron chi connectivity index (χ0n) is 20.5. The molecule has 1 aliphatic rings. The number of benzene rings is 3. The Balaban J connectivity index is 1.69. The molecule has 5 rings (SSSR count). The monoisotopic (exact) mass is 573 g/mol. The first kappa shape index (κ1) is 24.9. The number of halogens is 1. The van der Waals surface area contributed by atoms with E-state index in [-0.39, 0.29) is 11.5 Å². The number of carbonyl (C=O) groups is 1. The Morgan fingerprint density at radius 2 is 1.81 bits per heavy atom. The van der Waals surface area contributed by atoms with Crippen LogP contribution in [0.5, 0.6) is 5.75 Å². The molecule has 0 aliphatic carbocycles. The van der Waals surface area contributed by atoms with E-state index < -0.39 is 6.04 Å². The Morgan fingerprint density at radius 3 is 2.51 bits per heavy atom. The van der Waals surface area contributed by atoms with Crippen molar-refractivity contribution in [3.63, 3.8) is 0 Å². The minimum atomic E-state index is -0.618. The highest BCUT2D eigenvalue weighted by molar-refractivity contribution is 9.10. The van der Waals surface area contributed by atoms with Gasteiger partial charge in [-0.05, 0) is 55.8 Å². The van der Waals surface area contributed by atoms with Gasteiger partial charge in [-0.25, -0.2) is 4.99 Å². The van der Waals surface area contributed by atoms with Crippen LogP contribution >= 0.6 is 27.3 Å². The van der Waals surface area contributed by atoms with Crippen molar-refractivity contribution in [2.45, 2.75) is 19.9 Å². The smallest absolute Gasteiger partial charge is 0.271 e. The van der Waals surface area contributed by atoms with E-state index in [2.05, 4.69) is 21.2 Å². The van der Waals surface area contributed by atoms with Crippen molar-refractivity contribution in [1.82, 2.24) is 4.57 Å². The van der Waals surface area contributed by atoms with Crippen molar-refractivity contribution in [2.75, 3.05) is 12.4 Å². The van der Waals surface area contributed by atoms with Crippen molar-refractivity contribution in [3.05, 3.63) is 125 Å². The first-order valence-corrected chi connectivity index (χ1v) is 13.3. The Morgan fingerprint density at radius 1 is 1.08 bits per heavy atom. The number of aryl methyl sites for hydroxylation is 1. The van der Waals surface area contributed by atoms with Gasteiger partial charge in [0.2, 0.25) is 0 Å². The quantitative estimate of drug-likeness (QED) is 0.367. The number of rotatable bonds is 5. The average Bonchev–Trinajstić information content (AvgIpc) is 3.18. The van der Waals surface area contributed by atoms with E-state index in [4.69, 9.17) is 9.73 Å². The molecule has 4 aromatic rings. The van der Waals surface area contributed by atoms with Crippen molar-refractivity contribution < 1.29 is 9.53 Å². The number of fused-ring (bicyclic) bond motifs is 1. The highest BCUT2D eigenvalue weighted by atomic mass is 79.9. The summed E-state index contributed by atoms with van der Waals surface area (Å²) in [6.45, 7) is 3.82.